The molecule has 0 aliphatic rings. The fraction of sp³-hybridized carbons (Fsp3) is 0.800. The zero-order valence-electron chi connectivity index (χ0n) is 10.8. The molecule has 1 atom stereocenters. The molecule has 0 amide bonds. The molecule has 0 bridgehead atoms. The minimum absolute atomic E-state index is 0.0744. The van der Waals surface area contributed by atoms with Gasteiger partial charge in [-0.1, -0.05) is 0 Å². The SMILES string of the molecule is CCn1ncnc1CC(NC)C(C(F)(F)F)C(F)(F)F. The summed E-state index contributed by atoms with van der Waals surface area (Å²) in [5.74, 6) is -3.38. The molecule has 0 spiro atoms. The maximum absolute atomic E-state index is 12.7. The van der Waals surface area contributed by atoms with Crippen LogP contribution in [-0.2, 0) is 13.0 Å². The van der Waals surface area contributed by atoms with E-state index in [0.29, 0.717) is 6.54 Å². The predicted octanol–water partition coefficient (Wildman–Crippen LogP) is 2.17. The fourth-order valence-corrected chi connectivity index (χ4v) is 1.94. The summed E-state index contributed by atoms with van der Waals surface area (Å²) in [6.45, 7) is 1.98. The minimum Gasteiger partial charge on any atom is -0.316 e. The number of hydrogen-bond donors (Lipinski definition) is 1. The van der Waals surface area contributed by atoms with E-state index in [9.17, 15) is 26.3 Å². The first-order chi connectivity index (χ1) is 9.11. The lowest BCUT2D eigenvalue weighted by Gasteiger charge is -2.30. The molecule has 0 aromatic carbocycles. The van der Waals surface area contributed by atoms with Gasteiger partial charge in [0.1, 0.15) is 12.2 Å². The average Bonchev–Trinajstić information content (AvgIpc) is 2.71. The van der Waals surface area contributed by atoms with E-state index in [4.69, 9.17) is 0 Å². The van der Waals surface area contributed by atoms with Gasteiger partial charge < -0.3 is 5.32 Å². The van der Waals surface area contributed by atoms with Crippen LogP contribution in [0.3, 0.4) is 0 Å². The Morgan fingerprint density at radius 2 is 1.75 bits per heavy atom. The third kappa shape index (κ3) is 3.84. The smallest absolute Gasteiger partial charge is 0.316 e. The Bertz CT molecular complexity index is 410. The summed E-state index contributed by atoms with van der Waals surface area (Å²) in [5, 5.41) is 5.80. The molecule has 0 radical (unpaired) electrons. The standard InChI is InChI=1S/C10H14F6N4/c1-3-20-7(18-5-19-20)4-6(17-2)8(9(11,12)13)10(14,15)16/h5-6,8,17H,3-4H2,1-2H3. The van der Waals surface area contributed by atoms with Gasteiger partial charge in [-0.05, 0) is 14.0 Å². The Balaban J connectivity index is 3.03. The molecule has 1 rings (SSSR count). The van der Waals surface area contributed by atoms with Crippen LogP contribution in [0.1, 0.15) is 12.7 Å². The maximum Gasteiger partial charge on any atom is 0.402 e. The van der Waals surface area contributed by atoms with Gasteiger partial charge in [-0.2, -0.15) is 31.4 Å². The number of nitrogens with zero attached hydrogens (tertiary/aromatic N) is 3. The zero-order chi connectivity index (χ0) is 15.6. The molecule has 1 heterocycles. The van der Waals surface area contributed by atoms with E-state index >= 15 is 0 Å². The van der Waals surface area contributed by atoms with E-state index in [0.717, 1.165) is 13.4 Å². The van der Waals surface area contributed by atoms with Crippen molar-refractivity contribution in [2.45, 2.75) is 38.3 Å². The van der Waals surface area contributed by atoms with Gasteiger partial charge in [0.25, 0.3) is 0 Å². The van der Waals surface area contributed by atoms with Crippen molar-refractivity contribution < 1.29 is 26.3 Å². The van der Waals surface area contributed by atoms with Crippen LogP contribution in [0, 0.1) is 5.92 Å². The maximum atomic E-state index is 12.7. The Hall–Kier alpha value is -1.32. The highest BCUT2D eigenvalue weighted by Crippen LogP contribution is 2.41. The van der Waals surface area contributed by atoms with Crippen molar-refractivity contribution in [3.05, 3.63) is 12.2 Å². The number of likely N-dealkylation sites (N-methyl/N-ethyl adjacent to an activating group) is 1. The Morgan fingerprint density at radius 3 is 2.15 bits per heavy atom. The summed E-state index contributed by atoms with van der Waals surface area (Å²) < 4.78 is 77.2. The Morgan fingerprint density at radius 1 is 1.20 bits per heavy atom. The Kier molecular flexibility index (Phi) is 5.00. The van der Waals surface area contributed by atoms with Gasteiger partial charge in [0, 0.05) is 19.0 Å². The molecule has 1 aromatic heterocycles. The number of nitrogens with one attached hydrogen (secondary N) is 1. The monoisotopic (exact) mass is 304 g/mol. The summed E-state index contributed by atoms with van der Waals surface area (Å²) in [6.07, 6.45) is -10.2. The predicted molar refractivity (Wildman–Crippen MR) is 57.8 cm³/mol. The number of halogens is 6. The van der Waals surface area contributed by atoms with E-state index < -0.39 is 30.7 Å². The number of aromatic nitrogens is 3. The van der Waals surface area contributed by atoms with Crippen molar-refractivity contribution in [3.8, 4) is 0 Å². The van der Waals surface area contributed by atoms with Crippen LogP contribution in [0.5, 0.6) is 0 Å². The first-order valence-corrected chi connectivity index (χ1v) is 5.78. The molecule has 1 aromatic rings. The molecule has 0 saturated heterocycles. The van der Waals surface area contributed by atoms with Gasteiger partial charge in [-0.15, -0.1) is 0 Å². The summed E-state index contributed by atoms with van der Waals surface area (Å²) in [5.41, 5.74) is 0. The third-order valence-corrected chi connectivity index (χ3v) is 2.88. The van der Waals surface area contributed by atoms with E-state index in [1.54, 1.807) is 6.92 Å². The second kappa shape index (κ2) is 5.98. The highest BCUT2D eigenvalue weighted by molar-refractivity contribution is 4.95. The normalized spacial score (nSPS) is 14.8. The molecule has 0 aliphatic heterocycles. The summed E-state index contributed by atoms with van der Waals surface area (Å²) in [6, 6.07) is -1.86. The van der Waals surface area contributed by atoms with Gasteiger partial charge in [0.05, 0.1) is 0 Å². The lowest BCUT2D eigenvalue weighted by Crippen LogP contribution is -2.51. The molecule has 20 heavy (non-hydrogen) atoms. The van der Waals surface area contributed by atoms with E-state index in [2.05, 4.69) is 15.4 Å². The van der Waals surface area contributed by atoms with Crippen molar-refractivity contribution in [2.75, 3.05) is 7.05 Å². The minimum atomic E-state index is -5.39. The second-order valence-corrected chi connectivity index (χ2v) is 4.15. The molecule has 1 unspecified atom stereocenters. The molecule has 10 heteroatoms. The van der Waals surface area contributed by atoms with Crippen LogP contribution in [0.25, 0.3) is 0 Å². The average molecular weight is 304 g/mol. The topological polar surface area (TPSA) is 42.7 Å². The molecule has 116 valence electrons. The van der Waals surface area contributed by atoms with Gasteiger partial charge >= 0.3 is 12.4 Å². The van der Waals surface area contributed by atoms with Crippen molar-refractivity contribution in [1.82, 2.24) is 20.1 Å². The lowest BCUT2D eigenvalue weighted by atomic mass is 9.95. The first kappa shape index (κ1) is 16.7. The molecule has 0 fully saturated rings. The highest BCUT2D eigenvalue weighted by atomic mass is 19.4. The van der Waals surface area contributed by atoms with Crippen LogP contribution < -0.4 is 5.32 Å². The number of aryl methyl sites for hydroxylation is 1. The number of alkyl halides is 6. The quantitative estimate of drug-likeness (QED) is 0.848. The van der Waals surface area contributed by atoms with Gasteiger partial charge in [-0.3, -0.25) is 4.68 Å². The Labute approximate surface area is 111 Å². The van der Waals surface area contributed by atoms with Crippen LogP contribution in [0.15, 0.2) is 6.33 Å². The van der Waals surface area contributed by atoms with E-state index in [1.807, 2.05) is 0 Å². The first-order valence-electron chi connectivity index (χ1n) is 5.78. The summed E-state index contributed by atoms with van der Waals surface area (Å²) in [7, 11) is 1.06. The van der Waals surface area contributed by atoms with Crippen LogP contribution in [0.2, 0.25) is 0 Å². The van der Waals surface area contributed by atoms with Crippen molar-refractivity contribution in [3.63, 3.8) is 0 Å². The van der Waals surface area contributed by atoms with Crippen LogP contribution in [-0.4, -0.2) is 40.2 Å². The van der Waals surface area contributed by atoms with Crippen molar-refractivity contribution in [2.24, 2.45) is 5.92 Å². The van der Waals surface area contributed by atoms with Crippen LogP contribution in [0.4, 0.5) is 26.3 Å². The zero-order valence-corrected chi connectivity index (χ0v) is 10.8. The highest BCUT2D eigenvalue weighted by Gasteiger charge is 2.60. The molecular weight excluding hydrogens is 290 g/mol. The van der Waals surface area contributed by atoms with Crippen molar-refractivity contribution in [1.29, 1.82) is 0 Å². The fourth-order valence-electron chi connectivity index (χ4n) is 1.94. The molecular formula is C10H14F6N4. The lowest BCUT2D eigenvalue weighted by molar-refractivity contribution is -0.291. The largest absolute Gasteiger partial charge is 0.402 e. The molecule has 0 aliphatic carbocycles. The second-order valence-electron chi connectivity index (χ2n) is 4.15. The van der Waals surface area contributed by atoms with Crippen molar-refractivity contribution >= 4 is 0 Å². The van der Waals surface area contributed by atoms with Gasteiger partial charge in [-0.25, -0.2) is 4.98 Å². The van der Waals surface area contributed by atoms with Crippen LogP contribution >= 0.6 is 0 Å². The summed E-state index contributed by atoms with van der Waals surface area (Å²) in [4.78, 5) is 3.70. The van der Waals surface area contributed by atoms with E-state index in [1.165, 1.54) is 4.68 Å². The van der Waals surface area contributed by atoms with Gasteiger partial charge in [0.15, 0.2) is 5.92 Å². The number of hydrogen-bond acceptors (Lipinski definition) is 3. The summed E-state index contributed by atoms with van der Waals surface area (Å²) >= 11 is 0. The molecule has 4 nitrogen and oxygen atoms in total. The number of rotatable bonds is 5. The van der Waals surface area contributed by atoms with E-state index in [-0.39, 0.29) is 5.82 Å². The molecule has 0 saturated carbocycles. The molecule has 1 N–H and O–H groups in total. The van der Waals surface area contributed by atoms with Gasteiger partial charge in [0.2, 0.25) is 0 Å². The third-order valence-electron chi connectivity index (χ3n) is 2.88.